The summed E-state index contributed by atoms with van der Waals surface area (Å²) in [6.07, 6.45) is 1.90. The molecule has 0 bridgehead atoms. The number of benzene rings is 1. The molecule has 1 fully saturated rings. The average Bonchev–Trinajstić information content (AvgIpc) is 2.80. The summed E-state index contributed by atoms with van der Waals surface area (Å²) >= 11 is 2.97. The first-order valence-corrected chi connectivity index (χ1v) is 7.00. The van der Waals surface area contributed by atoms with Gasteiger partial charge in [0.1, 0.15) is 17.2 Å². The molecule has 1 aliphatic rings. The molecule has 1 aromatic carbocycles. The second kappa shape index (κ2) is 6.43. The third-order valence-corrected chi connectivity index (χ3v) is 3.69. The van der Waals surface area contributed by atoms with Gasteiger partial charge in [0.25, 0.3) is 5.91 Å². The fourth-order valence-electron chi connectivity index (χ4n) is 2.20. The fourth-order valence-corrected chi connectivity index (χ4v) is 2.60. The minimum Gasteiger partial charge on any atom is -0.352 e. The van der Waals surface area contributed by atoms with E-state index < -0.39 is 23.1 Å². The van der Waals surface area contributed by atoms with Gasteiger partial charge in [-0.3, -0.25) is 4.79 Å². The maximum Gasteiger partial charge on any atom is 0.257 e. The first kappa shape index (κ1) is 14.4. The summed E-state index contributed by atoms with van der Waals surface area (Å²) in [5.41, 5.74) is -0.521. The summed E-state index contributed by atoms with van der Waals surface area (Å²) in [5.74, 6) is -1.88. The molecule has 2 rings (SSSR count). The molecule has 0 radical (unpaired) electrons. The molecule has 104 valence electrons. The lowest BCUT2D eigenvalue weighted by atomic mass is 10.1. The summed E-state index contributed by atoms with van der Waals surface area (Å²) in [5, 5.41) is 5.79. The van der Waals surface area contributed by atoms with Crippen LogP contribution in [-0.4, -0.2) is 25.5 Å². The number of halogens is 3. The Labute approximate surface area is 118 Å². The van der Waals surface area contributed by atoms with Gasteiger partial charge in [-0.2, -0.15) is 0 Å². The van der Waals surface area contributed by atoms with Crippen LogP contribution < -0.4 is 10.6 Å². The van der Waals surface area contributed by atoms with Crippen LogP contribution in [-0.2, 0) is 0 Å². The SMILES string of the molecule is O=C(NCCC1CCNC1)c1c(F)cc(Br)cc1F. The van der Waals surface area contributed by atoms with Crippen molar-refractivity contribution < 1.29 is 13.6 Å². The van der Waals surface area contributed by atoms with Crippen molar-refractivity contribution in [3.05, 3.63) is 33.8 Å². The molecule has 1 aromatic rings. The van der Waals surface area contributed by atoms with Gasteiger partial charge >= 0.3 is 0 Å². The van der Waals surface area contributed by atoms with Gasteiger partial charge in [-0.1, -0.05) is 15.9 Å². The van der Waals surface area contributed by atoms with Crippen molar-refractivity contribution in [1.82, 2.24) is 10.6 Å². The zero-order chi connectivity index (χ0) is 13.8. The van der Waals surface area contributed by atoms with Crippen LogP contribution in [0.2, 0.25) is 0 Å². The Bertz CT molecular complexity index is 453. The molecular formula is C13H15BrF2N2O. The monoisotopic (exact) mass is 332 g/mol. The fraction of sp³-hybridized carbons (Fsp3) is 0.462. The molecule has 6 heteroatoms. The Hall–Kier alpha value is -1.01. The predicted octanol–water partition coefficient (Wildman–Crippen LogP) is 2.46. The maximum atomic E-state index is 13.5. The quantitative estimate of drug-likeness (QED) is 0.889. The van der Waals surface area contributed by atoms with Crippen LogP contribution in [0.4, 0.5) is 8.78 Å². The van der Waals surface area contributed by atoms with Gasteiger partial charge in [-0.15, -0.1) is 0 Å². The zero-order valence-electron chi connectivity index (χ0n) is 10.3. The smallest absolute Gasteiger partial charge is 0.257 e. The number of carbonyl (C=O) groups is 1. The first-order chi connectivity index (χ1) is 9.08. The van der Waals surface area contributed by atoms with Crippen LogP contribution in [0.3, 0.4) is 0 Å². The highest BCUT2D eigenvalue weighted by atomic mass is 79.9. The standard InChI is InChI=1S/C13H15BrF2N2O/c14-9-5-10(15)12(11(16)6-9)13(19)18-4-2-8-1-3-17-7-8/h5-6,8,17H,1-4,7H2,(H,18,19). The van der Waals surface area contributed by atoms with E-state index >= 15 is 0 Å². The lowest BCUT2D eigenvalue weighted by Gasteiger charge is -2.10. The van der Waals surface area contributed by atoms with Crippen molar-refractivity contribution in [3.63, 3.8) is 0 Å². The molecule has 1 heterocycles. The van der Waals surface area contributed by atoms with Gasteiger partial charge < -0.3 is 10.6 Å². The highest BCUT2D eigenvalue weighted by Crippen LogP contribution is 2.19. The molecule has 1 saturated heterocycles. The van der Waals surface area contributed by atoms with Crippen LogP contribution >= 0.6 is 15.9 Å². The molecule has 0 saturated carbocycles. The Morgan fingerprint density at radius 2 is 2.11 bits per heavy atom. The molecule has 1 unspecified atom stereocenters. The molecule has 19 heavy (non-hydrogen) atoms. The average molecular weight is 333 g/mol. The summed E-state index contributed by atoms with van der Waals surface area (Å²) in [6, 6.07) is 2.16. The molecular weight excluding hydrogens is 318 g/mol. The van der Waals surface area contributed by atoms with Gasteiger partial charge in [-0.25, -0.2) is 8.78 Å². The number of hydrogen-bond acceptors (Lipinski definition) is 2. The van der Waals surface area contributed by atoms with Crippen molar-refractivity contribution in [1.29, 1.82) is 0 Å². The summed E-state index contributed by atoms with van der Waals surface area (Å²) in [6.45, 7) is 2.37. The minimum absolute atomic E-state index is 0.274. The minimum atomic E-state index is -0.855. The molecule has 1 amide bonds. The van der Waals surface area contributed by atoms with E-state index in [1.807, 2.05) is 0 Å². The van der Waals surface area contributed by atoms with Crippen LogP contribution in [0, 0.1) is 17.6 Å². The third-order valence-electron chi connectivity index (χ3n) is 3.23. The van der Waals surface area contributed by atoms with E-state index in [-0.39, 0.29) is 4.47 Å². The van der Waals surface area contributed by atoms with Crippen LogP contribution in [0.5, 0.6) is 0 Å². The van der Waals surface area contributed by atoms with E-state index in [1.165, 1.54) is 0 Å². The van der Waals surface area contributed by atoms with Crippen molar-refractivity contribution in [3.8, 4) is 0 Å². The first-order valence-electron chi connectivity index (χ1n) is 6.21. The van der Waals surface area contributed by atoms with Crippen molar-refractivity contribution >= 4 is 21.8 Å². The third kappa shape index (κ3) is 3.73. The highest BCUT2D eigenvalue weighted by molar-refractivity contribution is 9.10. The van der Waals surface area contributed by atoms with Crippen LogP contribution in [0.25, 0.3) is 0 Å². The van der Waals surface area contributed by atoms with Crippen molar-refractivity contribution in [2.75, 3.05) is 19.6 Å². The number of nitrogens with one attached hydrogen (secondary N) is 2. The second-order valence-corrected chi connectivity index (χ2v) is 5.56. The van der Waals surface area contributed by atoms with E-state index in [2.05, 4.69) is 26.6 Å². The van der Waals surface area contributed by atoms with E-state index in [9.17, 15) is 13.6 Å². The van der Waals surface area contributed by atoms with Gasteiger partial charge in [-0.05, 0) is 44.0 Å². The maximum absolute atomic E-state index is 13.5. The molecule has 3 nitrogen and oxygen atoms in total. The predicted molar refractivity (Wildman–Crippen MR) is 72.0 cm³/mol. The highest BCUT2D eigenvalue weighted by Gasteiger charge is 2.19. The number of carbonyl (C=O) groups excluding carboxylic acids is 1. The molecule has 0 spiro atoms. The number of hydrogen-bond donors (Lipinski definition) is 2. The number of rotatable bonds is 4. The van der Waals surface area contributed by atoms with Gasteiger partial charge in [0.15, 0.2) is 0 Å². The lowest BCUT2D eigenvalue weighted by molar-refractivity contribution is 0.0943. The molecule has 2 N–H and O–H groups in total. The zero-order valence-corrected chi connectivity index (χ0v) is 11.9. The van der Waals surface area contributed by atoms with E-state index in [0.717, 1.165) is 38.1 Å². The topological polar surface area (TPSA) is 41.1 Å². The molecule has 1 atom stereocenters. The largest absolute Gasteiger partial charge is 0.352 e. The number of amides is 1. The molecule has 0 aliphatic carbocycles. The van der Waals surface area contributed by atoms with Crippen LogP contribution in [0.15, 0.2) is 16.6 Å². The van der Waals surface area contributed by atoms with Gasteiger partial charge in [0.2, 0.25) is 0 Å². The van der Waals surface area contributed by atoms with Crippen molar-refractivity contribution in [2.24, 2.45) is 5.92 Å². The Balaban J connectivity index is 1.92. The Kier molecular flexibility index (Phi) is 4.87. The summed E-state index contributed by atoms with van der Waals surface area (Å²) in [7, 11) is 0. The second-order valence-electron chi connectivity index (χ2n) is 4.65. The Morgan fingerprint density at radius 3 is 2.68 bits per heavy atom. The van der Waals surface area contributed by atoms with Gasteiger partial charge in [0.05, 0.1) is 0 Å². The van der Waals surface area contributed by atoms with E-state index in [0.29, 0.717) is 12.5 Å². The van der Waals surface area contributed by atoms with Gasteiger partial charge in [0, 0.05) is 11.0 Å². The molecule has 1 aliphatic heterocycles. The lowest BCUT2D eigenvalue weighted by Crippen LogP contribution is -2.28. The van der Waals surface area contributed by atoms with Crippen LogP contribution in [0.1, 0.15) is 23.2 Å². The summed E-state index contributed by atoms with van der Waals surface area (Å²) in [4.78, 5) is 11.7. The normalized spacial score (nSPS) is 18.6. The Morgan fingerprint density at radius 1 is 1.42 bits per heavy atom. The molecule has 0 aromatic heterocycles. The van der Waals surface area contributed by atoms with E-state index in [1.54, 1.807) is 0 Å². The summed E-state index contributed by atoms with van der Waals surface area (Å²) < 4.78 is 27.4. The van der Waals surface area contributed by atoms with Crippen molar-refractivity contribution in [2.45, 2.75) is 12.8 Å². The van der Waals surface area contributed by atoms with E-state index in [4.69, 9.17) is 0 Å².